The Morgan fingerprint density at radius 3 is 2.46 bits per heavy atom. The first-order chi connectivity index (χ1) is 17.3. The second-order valence-corrected chi connectivity index (χ2v) is 10.4. The van der Waals surface area contributed by atoms with Crippen LogP contribution in [0, 0.1) is 11.8 Å². The van der Waals surface area contributed by atoms with Crippen LogP contribution in [0.15, 0.2) is 42.5 Å². The lowest BCUT2D eigenvalue weighted by Crippen LogP contribution is -2.33. The maximum atomic E-state index is 6.32. The van der Waals surface area contributed by atoms with Gasteiger partial charge in [-0.1, -0.05) is 17.7 Å². The molecule has 1 aromatic heterocycles. The van der Waals surface area contributed by atoms with E-state index < -0.39 is 0 Å². The van der Waals surface area contributed by atoms with Crippen molar-refractivity contribution in [3.05, 3.63) is 53.3 Å². The summed E-state index contributed by atoms with van der Waals surface area (Å²) in [6, 6.07) is 13.8. The summed E-state index contributed by atoms with van der Waals surface area (Å²) in [7, 11) is 0. The van der Waals surface area contributed by atoms with Crippen molar-refractivity contribution in [3.8, 4) is 11.5 Å². The Kier molecular flexibility index (Phi) is 8.45. The van der Waals surface area contributed by atoms with E-state index in [1.807, 2.05) is 30.3 Å². The lowest BCUT2D eigenvalue weighted by atomic mass is 9.95. The molecule has 2 atom stereocenters. The Balaban J connectivity index is 1.33. The van der Waals surface area contributed by atoms with Crippen LogP contribution in [-0.4, -0.2) is 42.3 Å². The maximum Gasteiger partial charge on any atom is 0.148 e. The van der Waals surface area contributed by atoms with Crippen LogP contribution >= 0.6 is 11.6 Å². The summed E-state index contributed by atoms with van der Waals surface area (Å²) in [6.07, 6.45) is 7.41. The van der Waals surface area contributed by atoms with Crippen LogP contribution in [-0.2, 0) is 13.2 Å². The number of nitrogens with one attached hydrogen (secondary N) is 2. The van der Waals surface area contributed by atoms with E-state index in [0.717, 1.165) is 80.0 Å². The van der Waals surface area contributed by atoms with Crippen LogP contribution < -0.4 is 20.1 Å². The third-order valence-electron chi connectivity index (χ3n) is 7.27. The van der Waals surface area contributed by atoms with Gasteiger partial charge in [0, 0.05) is 24.0 Å². The smallest absolute Gasteiger partial charge is 0.148 e. The highest BCUT2D eigenvalue weighted by Gasteiger charge is 2.19. The molecule has 188 valence electrons. The minimum atomic E-state index is 0.410. The van der Waals surface area contributed by atoms with Gasteiger partial charge in [-0.2, -0.15) is 0 Å². The second kappa shape index (κ2) is 12.1. The fraction of sp³-hybridized carbons (Fsp3) is 0.536. The number of aryl methyl sites for hydroxylation is 1. The summed E-state index contributed by atoms with van der Waals surface area (Å²) >= 11 is 6.04. The van der Waals surface area contributed by atoms with Crippen LogP contribution in [0.1, 0.15) is 44.3 Å². The largest absolute Gasteiger partial charge is 0.491 e. The number of rotatable bonds is 10. The molecule has 7 heteroatoms. The molecule has 3 heterocycles. The number of ether oxygens (including phenoxy) is 2. The monoisotopic (exact) mass is 496 g/mol. The topological polar surface area (TPSA) is 60.3 Å². The number of piperidine rings is 2. The summed E-state index contributed by atoms with van der Waals surface area (Å²) in [5, 5.41) is 7.72. The van der Waals surface area contributed by atoms with Gasteiger partial charge in [0.05, 0.1) is 12.1 Å². The van der Waals surface area contributed by atoms with E-state index in [-0.39, 0.29) is 0 Å². The summed E-state index contributed by atoms with van der Waals surface area (Å²) in [5.41, 5.74) is 2.06. The van der Waals surface area contributed by atoms with E-state index in [4.69, 9.17) is 26.1 Å². The zero-order valence-corrected chi connectivity index (χ0v) is 21.2. The van der Waals surface area contributed by atoms with Gasteiger partial charge < -0.3 is 24.7 Å². The molecule has 0 radical (unpaired) electrons. The molecule has 2 aliphatic rings. The second-order valence-electron chi connectivity index (χ2n) is 9.92. The summed E-state index contributed by atoms with van der Waals surface area (Å²) < 4.78 is 14.8. The van der Waals surface area contributed by atoms with Gasteiger partial charge >= 0.3 is 0 Å². The third kappa shape index (κ3) is 6.49. The highest BCUT2D eigenvalue weighted by molar-refractivity contribution is 6.30. The lowest BCUT2D eigenvalue weighted by Gasteiger charge is -2.23. The van der Waals surface area contributed by atoms with Crippen molar-refractivity contribution in [1.82, 2.24) is 20.2 Å². The Morgan fingerprint density at radius 2 is 1.71 bits per heavy atom. The molecule has 2 aromatic carbocycles. The average molecular weight is 497 g/mol. The number of benzene rings is 2. The number of hydrogen-bond acceptors (Lipinski definition) is 5. The molecule has 0 saturated carbocycles. The van der Waals surface area contributed by atoms with Gasteiger partial charge in [-0.3, -0.25) is 0 Å². The molecule has 6 nitrogen and oxygen atoms in total. The minimum Gasteiger partial charge on any atom is -0.491 e. The molecule has 2 aliphatic heterocycles. The zero-order chi connectivity index (χ0) is 23.9. The molecule has 2 unspecified atom stereocenters. The first kappa shape index (κ1) is 24.4. The summed E-state index contributed by atoms with van der Waals surface area (Å²) in [5.74, 6) is 3.93. The van der Waals surface area contributed by atoms with E-state index in [2.05, 4.69) is 27.3 Å². The molecule has 0 amide bonds. The fourth-order valence-corrected chi connectivity index (χ4v) is 5.43. The standard InChI is InChI=1S/C28H37ClN4O2/c29-23-10-12-24(13-11-23)34-20-27-32-28-25(33(27)16-4-7-21-5-2-14-30-17-21)8-1-9-26(28)35-19-22-6-3-15-31-18-22/h1,8-13,21-22,30-31H,2-7,14-20H2. The molecule has 0 spiro atoms. The molecule has 3 aromatic rings. The maximum absolute atomic E-state index is 6.32. The predicted molar refractivity (Wildman–Crippen MR) is 141 cm³/mol. The predicted octanol–water partition coefficient (Wildman–Crippen LogP) is 5.43. The van der Waals surface area contributed by atoms with Crippen LogP contribution in [0.5, 0.6) is 11.5 Å². The van der Waals surface area contributed by atoms with Crippen molar-refractivity contribution in [3.63, 3.8) is 0 Å². The van der Waals surface area contributed by atoms with Crippen LogP contribution in [0.25, 0.3) is 11.0 Å². The van der Waals surface area contributed by atoms with E-state index >= 15 is 0 Å². The van der Waals surface area contributed by atoms with Gasteiger partial charge in [0.25, 0.3) is 0 Å². The minimum absolute atomic E-state index is 0.410. The van der Waals surface area contributed by atoms with Gasteiger partial charge in [0.1, 0.15) is 29.4 Å². The molecule has 2 N–H and O–H groups in total. The first-order valence-electron chi connectivity index (χ1n) is 13.2. The van der Waals surface area contributed by atoms with Crippen molar-refractivity contribution in [2.75, 3.05) is 32.8 Å². The van der Waals surface area contributed by atoms with Crippen LogP contribution in [0.2, 0.25) is 5.02 Å². The van der Waals surface area contributed by atoms with Crippen LogP contribution in [0.4, 0.5) is 0 Å². The van der Waals surface area contributed by atoms with Crippen molar-refractivity contribution >= 4 is 22.6 Å². The Labute approximate surface area is 213 Å². The molecule has 5 rings (SSSR count). The summed E-state index contributed by atoms with van der Waals surface area (Å²) in [4.78, 5) is 5.03. The zero-order valence-electron chi connectivity index (χ0n) is 20.5. The molecule has 0 bridgehead atoms. The van der Waals surface area contributed by atoms with Crippen molar-refractivity contribution in [1.29, 1.82) is 0 Å². The van der Waals surface area contributed by atoms with E-state index in [1.54, 1.807) is 0 Å². The number of para-hydroxylation sites is 1. The number of nitrogens with zero attached hydrogens (tertiary/aromatic N) is 2. The number of aromatic nitrogens is 2. The van der Waals surface area contributed by atoms with Gasteiger partial charge in [-0.25, -0.2) is 4.98 Å². The fourth-order valence-electron chi connectivity index (χ4n) is 5.31. The van der Waals surface area contributed by atoms with Crippen molar-refractivity contribution < 1.29 is 9.47 Å². The highest BCUT2D eigenvalue weighted by atomic mass is 35.5. The molecule has 2 fully saturated rings. The SMILES string of the molecule is Clc1ccc(OCc2nc3c(OCC4CCCNC4)cccc3n2CCCC2CCCNC2)cc1. The number of hydrogen-bond donors (Lipinski definition) is 2. The molecule has 2 saturated heterocycles. The lowest BCUT2D eigenvalue weighted by molar-refractivity contribution is 0.220. The Bertz CT molecular complexity index is 1070. The Hall–Kier alpha value is -2.28. The number of fused-ring (bicyclic) bond motifs is 1. The van der Waals surface area contributed by atoms with E-state index in [9.17, 15) is 0 Å². The highest BCUT2D eigenvalue weighted by Crippen LogP contribution is 2.29. The third-order valence-corrected chi connectivity index (χ3v) is 7.52. The summed E-state index contributed by atoms with van der Waals surface area (Å²) in [6.45, 7) is 6.52. The van der Waals surface area contributed by atoms with Crippen molar-refractivity contribution in [2.45, 2.75) is 51.7 Å². The van der Waals surface area contributed by atoms with Gasteiger partial charge in [0.2, 0.25) is 0 Å². The Morgan fingerprint density at radius 1 is 0.943 bits per heavy atom. The molecule has 0 aliphatic carbocycles. The van der Waals surface area contributed by atoms with Crippen molar-refractivity contribution in [2.24, 2.45) is 11.8 Å². The average Bonchev–Trinajstić information content (AvgIpc) is 3.26. The molecular formula is C28H37ClN4O2. The first-order valence-corrected chi connectivity index (χ1v) is 13.5. The van der Waals surface area contributed by atoms with Crippen LogP contribution in [0.3, 0.4) is 0 Å². The quantitative estimate of drug-likeness (QED) is 0.392. The number of imidazole rings is 1. The van der Waals surface area contributed by atoms with Gasteiger partial charge in [-0.05, 0) is 100 Å². The molecular weight excluding hydrogens is 460 g/mol. The van der Waals surface area contributed by atoms with Gasteiger partial charge in [-0.15, -0.1) is 0 Å². The van der Waals surface area contributed by atoms with E-state index in [0.29, 0.717) is 17.5 Å². The number of halogens is 1. The normalized spacial score (nSPS) is 20.7. The van der Waals surface area contributed by atoms with Gasteiger partial charge in [0.15, 0.2) is 0 Å². The van der Waals surface area contributed by atoms with E-state index in [1.165, 1.54) is 32.1 Å². The molecule has 35 heavy (non-hydrogen) atoms.